The number of carbonyl (C=O) groups is 2. The van der Waals surface area contributed by atoms with E-state index in [0.29, 0.717) is 17.9 Å². The van der Waals surface area contributed by atoms with Crippen molar-refractivity contribution >= 4 is 22.7 Å². The van der Waals surface area contributed by atoms with Crippen LogP contribution in [0.3, 0.4) is 0 Å². The molecule has 2 fully saturated rings. The topological polar surface area (TPSA) is 74.9 Å². The number of H-pyrrole nitrogens is 1. The summed E-state index contributed by atoms with van der Waals surface area (Å²) in [5.74, 6) is 1.42. The molecule has 1 saturated heterocycles. The van der Waals surface area contributed by atoms with Crippen LogP contribution in [0.2, 0.25) is 0 Å². The number of carbonyl (C=O) groups excluding carboxylic acids is 2. The third-order valence-electron chi connectivity index (χ3n) is 8.54. The minimum absolute atomic E-state index is 0.00848. The quantitative estimate of drug-likeness (QED) is 0.547. The number of piperazine rings is 1. The predicted octanol–water partition coefficient (Wildman–Crippen LogP) is 4.98. The Bertz CT molecular complexity index is 1320. The van der Waals surface area contributed by atoms with Gasteiger partial charge in [-0.25, -0.2) is 0 Å². The van der Waals surface area contributed by atoms with E-state index in [9.17, 15) is 9.59 Å². The number of amides is 2. The molecule has 6 rings (SSSR count). The lowest BCUT2D eigenvalue weighted by molar-refractivity contribution is -0.161. The van der Waals surface area contributed by atoms with Gasteiger partial charge in [0.15, 0.2) is 0 Å². The number of rotatable bonds is 4. The van der Waals surface area contributed by atoms with Crippen LogP contribution in [-0.4, -0.2) is 59.4 Å². The summed E-state index contributed by atoms with van der Waals surface area (Å²) in [5, 5.41) is 1.10. The Balaban J connectivity index is 1.48. The van der Waals surface area contributed by atoms with E-state index in [1.54, 1.807) is 14.2 Å². The lowest BCUT2D eigenvalue weighted by atomic mass is 9.85. The Morgan fingerprint density at radius 3 is 2.43 bits per heavy atom. The van der Waals surface area contributed by atoms with Gasteiger partial charge in [-0.15, -0.1) is 0 Å². The highest BCUT2D eigenvalue weighted by Gasteiger charge is 2.50. The van der Waals surface area contributed by atoms with Gasteiger partial charge in [-0.3, -0.25) is 9.59 Å². The zero-order valence-corrected chi connectivity index (χ0v) is 21.7. The SMILES string of the molecule is COc1ccc(OC)c(C2c3[nH]c4ccccc4c3CC3C(=O)N(C4CCCCCCC4)CC(=O)N32)c1. The normalized spacial score (nSPS) is 22.9. The fourth-order valence-corrected chi connectivity index (χ4v) is 6.72. The number of ether oxygens (including phenoxy) is 2. The number of aromatic amines is 1. The highest BCUT2D eigenvalue weighted by Crippen LogP contribution is 2.46. The van der Waals surface area contributed by atoms with Gasteiger partial charge in [-0.05, 0) is 42.7 Å². The zero-order chi connectivity index (χ0) is 25.5. The van der Waals surface area contributed by atoms with Gasteiger partial charge >= 0.3 is 0 Å². The van der Waals surface area contributed by atoms with Crippen LogP contribution >= 0.6 is 0 Å². The minimum atomic E-state index is -0.542. The standard InChI is InChI=1S/C30H35N3O4/c1-36-20-14-15-26(37-2)23(16-20)29-28-22(21-12-8-9-13-24(21)31-28)17-25-30(35)32(18-27(34)33(25)29)19-10-6-4-3-5-7-11-19/h8-9,12-16,19,25,29,31H,3-7,10-11,17-18H2,1-2H3. The summed E-state index contributed by atoms with van der Waals surface area (Å²) in [6.45, 7) is 0.137. The van der Waals surface area contributed by atoms with Gasteiger partial charge in [-0.2, -0.15) is 0 Å². The first-order chi connectivity index (χ1) is 18.1. The first-order valence-electron chi connectivity index (χ1n) is 13.5. The molecule has 1 N–H and O–H groups in total. The molecule has 0 radical (unpaired) electrons. The van der Waals surface area contributed by atoms with Crippen LogP contribution < -0.4 is 9.47 Å². The fraction of sp³-hybridized carbons (Fsp3) is 0.467. The summed E-state index contributed by atoms with van der Waals surface area (Å²) in [7, 11) is 3.27. The van der Waals surface area contributed by atoms with E-state index in [4.69, 9.17) is 9.47 Å². The molecule has 2 unspecified atom stereocenters. The molecule has 0 spiro atoms. The second-order valence-electron chi connectivity index (χ2n) is 10.6. The smallest absolute Gasteiger partial charge is 0.246 e. The molecule has 1 saturated carbocycles. The van der Waals surface area contributed by atoms with E-state index in [1.165, 1.54) is 19.3 Å². The maximum absolute atomic E-state index is 14.2. The van der Waals surface area contributed by atoms with Crippen LogP contribution in [-0.2, 0) is 16.0 Å². The molecule has 7 heteroatoms. The molecule has 3 aliphatic rings. The van der Waals surface area contributed by atoms with Crippen LogP contribution in [0.15, 0.2) is 42.5 Å². The molecule has 37 heavy (non-hydrogen) atoms. The number of nitrogens with zero attached hydrogens (tertiary/aromatic N) is 2. The Kier molecular flexibility index (Phi) is 6.31. The van der Waals surface area contributed by atoms with Crippen molar-refractivity contribution in [1.29, 1.82) is 0 Å². The van der Waals surface area contributed by atoms with Crippen molar-refractivity contribution < 1.29 is 19.1 Å². The second-order valence-corrected chi connectivity index (χ2v) is 10.6. The van der Waals surface area contributed by atoms with Crippen LogP contribution in [0.4, 0.5) is 0 Å². The predicted molar refractivity (Wildman–Crippen MR) is 142 cm³/mol. The lowest BCUT2D eigenvalue weighted by Gasteiger charge is -2.49. The third kappa shape index (κ3) is 4.05. The van der Waals surface area contributed by atoms with Gasteiger partial charge in [0.05, 0.1) is 14.2 Å². The summed E-state index contributed by atoms with van der Waals surface area (Å²) in [5.41, 5.74) is 3.88. The van der Waals surface area contributed by atoms with Gasteiger partial charge < -0.3 is 24.3 Å². The molecule has 3 aromatic rings. The number of benzene rings is 2. The van der Waals surface area contributed by atoms with E-state index < -0.39 is 12.1 Å². The molecular weight excluding hydrogens is 466 g/mol. The number of methoxy groups -OCH3 is 2. The Hall–Kier alpha value is -3.48. The number of aromatic nitrogens is 1. The number of para-hydroxylation sites is 1. The highest BCUT2D eigenvalue weighted by molar-refractivity contribution is 5.98. The summed E-state index contributed by atoms with van der Waals surface area (Å²) in [6, 6.07) is 13.0. The highest BCUT2D eigenvalue weighted by atomic mass is 16.5. The van der Waals surface area contributed by atoms with E-state index in [0.717, 1.165) is 53.4 Å². The minimum Gasteiger partial charge on any atom is -0.497 e. The molecule has 1 aromatic heterocycles. The van der Waals surface area contributed by atoms with E-state index in [2.05, 4.69) is 17.1 Å². The van der Waals surface area contributed by atoms with Crippen LogP contribution in [0.5, 0.6) is 11.5 Å². The Morgan fingerprint density at radius 1 is 0.919 bits per heavy atom. The maximum atomic E-state index is 14.2. The number of hydrogen-bond acceptors (Lipinski definition) is 4. The first-order valence-corrected chi connectivity index (χ1v) is 13.5. The number of fused-ring (bicyclic) bond motifs is 4. The maximum Gasteiger partial charge on any atom is 0.246 e. The van der Waals surface area contributed by atoms with Crippen LogP contribution in [0.25, 0.3) is 10.9 Å². The first kappa shape index (κ1) is 23.9. The molecule has 1 aliphatic carbocycles. The second kappa shape index (κ2) is 9.77. The van der Waals surface area contributed by atoms with E-state index >= 15 is 0 Å². The Morgan fingerprint density at radius 2 is 1.68 bits per heavy atom. The van der Waals surface area contributed by atoms with E-state index in [-0.39, 0.29) is 24.4 Å². The average Bonchev–Trinajstić information content (AvgIpc) is 3.28. The monoisotopic (exact) mass is 501 g/mol. The molecule has 7 nitrogen and oxygen atoms in total. The van der Waals surface area contributed by atoms with Gasteiger partial charge in [0.2, 0.25) is 11.8 Å². The Labute approximate surface area is 217 Å². The van der Waals surface area contributed by atoms with Crippen molar-refractivity contribution in [2.24, 2.45) is 0 Å². The van der Waals surface area contributed by atoms with Crippen molar-refractivity contribution in [2.45, 2.75) is 69.5 Å². The van der Waals surface area contributed by atoms with Gasteiger partial charge in [0, 0.05) is 34.6 Å². The lowest BCUT2D eigenvalue weighted by Crippen LogP contribution is -2.64. The van der Waals surface area contributed by atoms with Crippen molar-refractivity contribution in [3.05, 3.63) is 59.3 Å². The summed E-state index contributed by atoms with van der Waals surface area (Å²) < 4.78 is 11.3. The van der Waals surface area contributed by atoms with E-state index in [1.807, 2.05) is 40.1 Å². The molecule has 2 aliphatic heterocycles. The molecule has 2 aromatic carbocycles. The molecule has 2 atom stereocenters. The summed E-state index contributed by atoms with van der Waals surface area (Å²) in [4.78, 5) is 35.5. The van der Waals surface area contributed by atoms with Gasteiger partial charge in [0.25, 0.3) is 0 Å². The zero-order valence-electron chi connectivity index (χ0n) is 21.7. The summed E-state index contributed by atoms with van der Waals surface area (Å²) in [6.07, 6.45) is 8.39. The van der Waals surface area contributed by atoms with Crippen molar-refractivity contribution in [2.75, 3.05) is 20.8 Å². The third-order valence-corrected chi connectivity index (χ3v) is 8.54. The average molecular weight is 502 g/mol. The fourth-order valence-electron chi connectivity index (χ4n) is 6.72. The molecule has 2 amide bonds. The molecule has 0 bridgehead atoms. The van der Waals surface area contributed by atoms with Crippen molar-refractivity contribution in [3.8, 4) is 11.5 Å². The summed E-state index contributed by atoms with van der Waals surface area (Å²) >= 11 is 0. The number of nitrogens with one attached hydrogen (secondary N) is 1. The van der Waals surface area contributed by atoms with Crippen molar-refractivity contribution in [1.82, 2.24) is 14.8 Å². The van der Waals surface area contributed by atoms with Crippen LogP contribution in [0.1, 0.15) is 67.8 Å². The van der Waals surface area contributed by atoms with Gasteiger partial charge in [0.1, 0.15) is 30.1 Å². The van der Waals surface area contributed by atoms with Crippen LogP contribution in [0, 0.1) is 0 Å². The molecular formula is C30H35N3O4. The van der Waals surface area contributed by atoms with Crippen molar-refractivity contribution in [3.63, 3.8) is 0 Å². The molecule has 3 heterocycles. The van der Waals surface area contributed by atoms with Gasteiger partial charge in [-0.1, -0.05) is 50.3 Å². The largest absolute Gasteiger partial charge is 0.497 e. The molecule has 194 valence electrons. The number of hydrogen-bond donors (Lipinski definition) is 1.